The van der Waals surface area contributed by atoms with Gasteiger partial charge in [0.15, 0.2) is 9.79 Å². The number of aromatic nitrogens is 1. The number of fused-ring (bicyclic) bond motifs is 1. The van der Waals surface area contributed by atoms with Gasteiger partial charge in [-0.15, -0.1) is 24.0 Å². The highest BCUT2D eigenvalue weighted by molar-refractivity contribution is 7.80. The number of benzene rings is 1. The molecule has 3 rings (SSSR count). The topological polar surface area (TPSA) is 52.0 Å². The molecule has 0 saturated carbocycles. The molecule has 0 atom stereocenters. The van der Waals surface area contributed by atoms with Crippen molar-refractivity contribution in [2.24, 2.45) is 4.99 Å². The molecule has 21 heavy (non-hydrogen) atoms. The first-order valence-corrected chi connectivity index (χ1v) is 8.47. The fraction of sp³-hybridized carbons (Fsp3) is 0. The van der Waals surface area contributed by atoms with E-state index in [2.05, 4.69) is 22.6 Å². The van der Waals surface area contributed by atoms with Gasteiger partial charge in [-0.05, 0) is 12.2 Å². The molecule has 0 unspecified atom stereocenters. The summed E-state index contributed by atoms with van der Waals surface area (Å²) in [7, 11) is 0. The van der Waals surface area contributed by atoms with Gasteiger partial charge in [0.2, 0.25) is 0 Å². The summed E-state index contributed by atoms with van der Waals surface area (Å²) < 4.78 is 0.542. The van der Waals surface area contributed by atoms with Crippen LogP contribution in [0.3, 0.4) is 0 Å². The van der Waals surface area contributed by atoms with E-state index in [1.54, 1.807) is 0 Å². The lowest BCUT2D eigenvalue weighted by Crippen LogP contribution is -2.02. The number of hydrogen-bond acceptors (Lipinski definition) is 4. The number of H-pyrrole nitrogens is 1. The summed E-state index contributed by atoms with van der Waals surface area (Å²) in [6.07, 6.45) is 0. The number of thiol groups is 1. The Bertz CT molecular complexity index is 897. The average molecular weight is 415 g/mol. The molecule has 0 bridgehead atoms. The first-order valence-electron chi connectivity index (χ1n) is 5.29. The van der Waals surface area contributed by atoms with Gasteiger partial charge in [0.25, 0.3) is 0 Å². The predicted octanol–water partition coefficient (Wildman–Crippen LogP) is 5.88. The van der Waals surface area contributed by atoms with E-state index in [-0.39, 0.29) is 25.9 Å². The van der Waals surface area contributed by atoms with Gasteiger partial charge >= 0.3 is 0 Å². The Kier molecular flexibility index (Phi) is 4.16. The van der Waals surface area contributed by atoms with E-state index < -0.39 is 0 Å². The maximum Gasteiger partial charge on any atom is 0.159 e. The molecule has 10 heteroatoms. The van der Waals surface area contributed by atoms with Crippen LogP contribution in [0.25, 0.3) is 0 Å². The van der Waals surface area contributed by atoms with Gasteiger partial charge in [-0.3, -0.25) is 5.41 Å². The Morgan fingerprint density at radius 1 is 1.05 bits per heavy atom. The Hall–Kier alpha value is -0.0800. The largest absolute Gasteiger partial charge is 0.332 e. The number of thiazole rings is 1. The molecule has 3 nitrogen and oxygen atoms in total. The van der Waals surface area contributed by atoms with Crippen molar-refractivity contribution in [2.75, 3.05) is 0 Å². The Balaban J connectivity index is 2.38. The van der Waals surface area contributed by atoms with Crippen molar-refractivity contribution in [3.05, 3.63) is 40.0 Å². The highest BCUT2D eigenvalue weighted by Gasteiger charge is 2.32. The normalized spacial score (nSPS) is 13.6. The number of amidine groups is 1. The first kappa shape index (κ1) is 15.8. The number of aliphatic imine (C=N–C) groups is 1. The van der Waals surface area contributed by atoms with E-state index in [4.69, 9.17) is 64.0 Å². The summed E-state index contributed by atoms with van der Waals surface area (Å²) in [5.74, 6) is -0.0301. The number of aromatic amines is 1. The Labute approximate surface area is 153 Å². The van der Waals surface area contributed by atoms with Gasteiger partial charge in [-0.2, -0.15) is 0 Å². The van der Waals surface area contributed by atoms with E-state index in [9.17, 15) is 0 Å². The summed E-state index contributed by atoms with van der Waals surface area (Å²) in [6, 6.07) is 0. The minimum Gasteiger partial charge on any atom is -0.332 e. The van der Waals surface area contributed by atoms with Crippen molar-refractivity contribution in [3.63, 3.8) is 0 Å². The van der Waals surface area contributed by atoms with E-state index >= 15 is 0 Å². The molecule has 2 heterocycles. The quantitative estimate of drug-likeness (QED) is 0.232. The van der Waals surface area contributed by atoms with Crippen molar-refractivity contribution >= 4 is 94.1 Å². The molecular formula is C11H3Cl4N3S3. The molecule has 0 saturated heterocycles. The van der Waals surface area contributed by atoms with Crippen LogP contribution in [-0.4, -0.2) is 16.5 Å². The second kappa shape index (κ2) is 5.53. The fourth-order valence-electron chi connectivity index (χ4n) is 1.94. The van der Waals surface area contributed by atoms with E-state index in [0.717, 1.165) is 0 Å². The van der Waals surface area contributed by atoms with Crippen LogP contribution in [-0.2, 0) is 0 Å². The lowest BCUT2D eigenvalue weighted by atomic mass is 10.0. The van der Waals surface area contributed by atoms with Crippen LogP contribution in [0.5, 0.6) is 0 Å². The lowest BCUT2D eigenvalue weighted by molar-refractivity contribution is 1.19. The molecule has 1 aromatic heterocycles. The van der Waals surface area contributed by atoms with Gasteiger partial charge in [0, 0.05) is 11.1 Å². The summed E-state index contributed by atoms with van der Waals surface area (Å²) in [5.41, 5.74) is 1.29. The number of rotatable bonds is 1. The third kappa shape index (κ3) is 2.37. The first-order chi connectivity index (χ1) is 9.82. The van der Waals surface area contributed by atoms with Crippen LogP contribution in [0.1, 0.15) is 16.0 Å². The lowest BCUT2D eigenvalue weighted by Gasteiger charge is -2.10. The molecule has 0 radical (unpaired) electrons. The zero-order valence-electron chi connectivity index (χ0n) is 9.72. The van der Waals surface area contributed by atoms with Crippen molar-refractivity contribution in [2.45, 2.75) is 5.03 Å². The van der Waals surface area contributed by atoms with Crippen LogP contribution in [0.15, 0.2) is 10.0 Å². The fourth-order valence-corrected chi connectivity index (χ4v) is 4.57. The molecule has 2 N–H and O–H groups in total. The van der Waals surface area contributed by atoms with Crippen molar-refractivity contribution in [1.29, 1.82) is 5.41 Å². The number of nitrogens with one attached hydrogen (secondary N) is 2. The molecule has 1 aliphatic heterocycles. The minimum atomic E-state index is -0.0301. The molecule has 0 fully saturated rings. The van der Waals surface area contributed by atoms with Crippen LogP contribution >= 0.6 is 82.6 Å². The monoisotopic (exact) mass is 413 g/mol. The van der Waals surface area contributed by atoms with Crippen molar-refractivity contribution < 1.29 is 0 Å². The highest BCUT2D eigenvalue weighted by atomic mass is 35.5. The number of hydrogen-bond donors (Lipinski definition) is 3. The SMILES string of the molecule is N=C1N=C(c2sc(=S)[nH]c2S)c2c(Cl)c(Cl)c(Cl)c(Cl)c21. The zero-order chi connectivity index (χ0) is 15.5. The summed E-state index contributed by atoms with van der Waals surface area (Å²) in [6.45, 7) is 0. The van der Waals surface area contributed by atoms with Gasteiger partial charge in [-0.25, -0.2) is 4.99 Å². The van der Waals surface area contributed by atoms with Crippen LogP contribution in [0.4, 0.5) is 0 Å². The molecule has 0 spiro atoms. The van der Waals surface area contributed by atoms with Crippen molar-refractivity contribution in [3.8, 4) is 0 Å². The van der Waals surface area contributed by atoms with Crippen molar-refractivity contribution in [1.82, 2.24) is 4.98 Å². The van der Waals surface area contributed by atoms with Crippen LogP contribution < -0.4 is 0 Å². The van der Waals surface area contributed by atoms with Gasteiger partial charge in [-0.1, -0.05) is 46.4 Å². The van der Waals surface area contributed by atoms with Crippen LogP contribution in [0, 0.1) is 9.36 Å². The van der Waals surface area contributed by atoms with E-state index in [1.165, 1.54) is 11.3 Å². The maximum absolute atomic E-state index is 8.00. The zero-order valence-corrected chi connectivity index (χ0v) is 15.3. The predicted molar refractivity (Wildman–Crippen MR) is 95.7 cm³/mol. The van der Waals surface area contributed by atoms with Gasteiger partial charge in [0.1, 0.15) is 0 Å². The smallest absolute Gasteiger partial charge is 0.159 e. The number of nitrogens with zero attached hydrogens (tertiary/aromatic N) is 1. The van der Waals surface area contributed by atoms with Crippen LogP contribution in [0.2, 0.25) is 20.1 Å². The molecule has 108 valence electrons. The minimum absolute atomic E-state index is 0.0301. The Morgan fingerprint density at radius 3 is 2.14 bits per heavy atom. The second-order valence-electron chi connectivity index (χ2n) is 4.01. The summed E-state index contributed by atoms with van der Waals surface area (Å²) >= 11 is 35.3. The third-order valence-electron chi connectivity index (χ3n) is 2.81. The second-order valence-corrected chi connectivity index (χ2v) is 7.65. The maximum atomic E-state index is 8.00. The van der Waals surface area contributed by atoms with E-state index in [1.807, 2.05) is 0 Å². The van der Waals surface area contributed by atoms with Gasteiger partial charge < -0.3 is 4.98 Å². The molecule has 1 aromatic carbocycles. The molecule has 2 aromatic rings. The average Bonchev–Trinajstić information content (AvgIpc) is 2.93. The standard InChI is InChI=1S/C11H3Cl4N3S3/c12-3-1-2(4(13)6(15)5(3)14)9(16)17-7(1)8-10(19)18-11(20)21-8/h16,19H,(H,18,20). The molecule has 0 aliphatic carbocycles. The number of halogens is 4. The molecule has 0 amide bonds. The Morgan fingerprint density at radius 2 is 1.62 bits per heavy atom. The molecular weight excluding hydrogens is 412 g/mol. The van der Waals surface area contributed by atoms with E-state index in [0.29, 0.717) is 30.7 Å². The molecule has 1 aliphatic rings. The third-order valence-corrected chi connectivity index (χ3v) is 6.34. The highest BCUT2D eigenvalue weighted by Crippen LogP contribution is 2.45. The summed E-state index contributed by atoms with van der Waals surface area (Å²) in [5, 5.41) is 9.14. The van der Waals surface area contributed by atoms with Gasteiger partial charge in [0.05, 0.1) is 35.7 Å². The summed E-state index contributed by atoms with van der Waals surface area (Å²) in [4.78, 5) is 7.78.